The third-order valence-corrected chi connectivity index (χ3v) is 7.37. The van der Waals surface area contributed by atoms with Crippen molar-refractivity contribution in [1.29, 1.82) is 0 Å². The van der Waals surface area contributed by atoms with Crippen LogP contribution >= 0.6 is 0 Å². The number of primary sulfonamides is 1. The van der Waals surface area contributed by atoms with Crippen molar-refractivity contribution in [2.24, 2.45) is 5.14 Å². The summed E-state index contributed by atoms with van der Waals surface area (Å²) in [6.45, 7) is 1.17. The van der Waals surface area contributed by atoms with E-state index in [2.05, 4.69) is 5.32 Å². The predicted octanol–water partition coefficient (Wildman–Crippen LogP) is 1.07. The lowest BCUT2D eigenvalue weighted by Crippen LogP contribution is -2.35. The second kappa shape index (κ2) is 8.66. The van der Waals surface area contributed by atoms with Crippen molar-refractivity contribution >= 4 is 26.0 Å². The Hall–Kier alpha value is -2.21. The number of furan rings is 1. The van der Waals surface area contributed by atoms with Crippen molar-refractivity contribution in [2.45, 2.75) is 35.7 Å². The van der Waals surface area contributed by atoms with Crippen LogP contribution in [0.15, 0.2) is 50.8 Å². The molecule has 9 nitrogen and oxygen atoms in total. The lowest BCUT2D eigenvalue weighted by atomic mass is 10.1. The van der Waals surface area contributed by atoms with Crippen LogP contribution in [0.4, 0.5) is 0 Å². The zero-order valence-electron chi connectivity index (χ0n) is 15.7. The lowest BCUT2D eigenvalue weighted by Gasteiger charge is -2.24. The third kappa shape index (κ3) is 5.24. The topological polar surface area (TPSA) is 140 Å². The van der Waals surface area contributed by atoms with Gasteiger partial charge in [-0.25, -0.2) is 22.0 Å². The van der Waals surface area contributed by atoms with Crippen molar-refractivity contribution in [2.75, 3.05) is 19.6 Å². The number of hydrogen-bond acceptors (Lipinski definition) is 6. The van der Waals surface area contributed by atoms with E-state index in [1.165, 1.54) is 28.6 Å². The zero-order valence-corrected chi connectivity index (χ0v) is 17.3. The Morgan fingerprint density at radius 2 is 1.66 bits per heavy atom. The molecule has 11 heteroatoms. The molecule has 3 N–H and O–H groups in total. The largest absolute Gasteiger partial charge is 0.438 e. The molecule has 158 valence electrons. The number of nitrogens with two attached hydrogens (primary N) is 1. The van der Waals surface area contributed by atoms with E-state index >= 15 is 0 Å². The summed E-state index contributed by atoms with van der Waals surface area (Å²) < 4.78 is 54.3. The van der Waals surface area contributed by atoms with E-state index < -0.39 is 26.0 Å². The zero-order chi connectivity index (χ0) is 21.1. The number of carbonyl (C=O) groups is 1. The molecule has 1 aliphatic rings. The fraction of sp³-hybridized carbons (Fsp3) is 0.389. The van der Waals surface area contributed by atoms with Gasteiger partial charge in [-0.2, -0.15) is 4.31 Å². The van der Waals surface area contributed by atoms with Gasteiger partial charge in [0.2, 0.25) is 15.1 Å². The minimum Gasteiger partial charge on any atom is -0.438 e. The maximum Gasteiger partial charge on any atom is 0.287 e. The van der Waals surface area contributed by atoms with Gasteiger partial charge in [-0.1, -0.05) is 18.6 Å². The Morgan fingerprint density at radius 1 is 1.00 bits per heavy atom. The highest BCUT2D eigenvalue weighted by Gasteiger charge is 2.29. The highest BCUT2D eigenvalue weighted by Crippen LogP contribution is 2.22. The average Bonchev–Trinajstić information content (AvgIpc) is 3.19. The number of piperidine rings is 1. The van der Waals surface area contributed by atoms with E-state index in [1.54, 1.807) is 12.1 Å². The number of amides is 1. The average molecular weight is 442 g/mol. The van der Waals surface area contributed by atoms with Crippen LogP contribution < -0.4 is 10.5 Å². The Labute approximate surface area is 170 Å². The fourth-order valence-electron chi connectivity index (χ4n) is 3.07. The van der Waals surface area contributed by atoms with Crippen LogP contribution in [-0.4, -0.2) is 46.7 Å². The van der Waals surface area contributed by atoms with Crippen LogP contribution in [0, 0.1) is 0 Å². The summed E-state index contributed by atoms with van der Waals surface area (Å²) in [4.78, 5) is 12.2. The minimum atomic E-state index is -3.74. The molecular weight excluding hydrogens is 418 g/mol. The minimum absolute atomic E-state index is 0.0170. The summed E-state index contributed by atoms with van der Waals surface area (Å²) in [5.41, 5.74) is 0.811. The van der Waals surface area contributed by atoms with E-state index in [0.717, 1.165) is 24.8 Å². The van der Waals surface area contributed by atoms with Gasteiger partial charge in [0.15, 0.2) is 5.76 Å². The molecule has 0 aliphatic carbocycles. The van der Waals surface area contributed by atoms with Crippen LogP contribution in [0.1, 0.15) is 35.4 Å². The molecule has 0 bridgehead atoms. The van der Waals surface area contributed by atoms with Gasteiger partial charge in [0.05, 0.1) is 4.90 Å². The fourth-order valence-corrected chi connectivity index (χ4v) is 5.01. The van der Waals surface area contributed by atoms with E-state index in [9.17, 15) is 21.6 Å². The molecule has 2 heterocycles. The summed E-state index contributed by atoms with van der Waals surface area (Å²) >= 11 is 0. The van der Waals surface area contributed by atoms with Crippen LogP contribution in [-0.2, 0) is 26.5 Å². The molecule has 0 atom stereocenters. The maximum absolute atomic E-state index is 12.6. The van der Waals surface area contributed by atoms with Gasteiger partial charge < -0.3 is 9.73 Å². The van der Waals surface area contributed by atoms with Crippen LogP contribution in [0.25, 0.3) is 0 Å². The summed E-state index contributed by atoms with van der Waals surface area (Å²) in [6, 6.07) is 8.66. The van der Waals surface area contributed by atoms with Gasteiger partial charge in [0.1, 0.15) is 0 Å². The Kier molecular flexibility index (Phi) is 6.42. The molecule has 0 spiro atoms. The van der Waals surface area contributed by atoms with Crippen LogP contribution in [0.5, 0.6) is 0 Å². The summed E-state index contributed by atoms with van der Waals surface area (Å²) in [6.07, 6.45) is 3.08. The molecule has 0 radical (unpaired) electrons. The first kappa shape index (κ1) is 21.5. The van der Waals surface area contributed by atoms with Gasteiger partial charge in [0, 0.05) is 19.6 Å². The first-order valence-electron chi connectivity index (χ1n) is 9.18. The quantitative estimate of drug-likeness (QED) is 0.659. The summed E-state index contributed by atoms with van der Waals surface area (Å²) in [7, 11) is -7.47. The van der Waals surface area contributed by atoms with Crippen LogP contribution in [0.3, 0.4) is 0 Å². The van der Waals surface area contributed by atoms with E-state index in [0.29, 0.717) is 19.5 Å². The molecule has 1 aliphatic heterocycles. The van der Waals surface area contributed by atoms with Gasteiger partial charge in [-0.15, -0.1) is 0 Å². The van der Waals surface area contributed by atoms with Crippen molar-refractivity contribution in [3.8, 4) is 0 Å². The monoisotopic (exact) mass is 441 g/mol. The number of carbonyl (C=O) groups excluding carboxylic acids is 1. The van der Waals surface area contributed by atoms with E-state index in [-0.39, 0.29) is 22.3 Å². The Balaban J connectivity index is 1.56. The molecule has 0 unspecified atom stereocenters. The third-order valence-electron chi connectivity index (χ3n) is 4.67. The van der Waals surface area contributed by atoms with Crippen molar-refractivity contribution in [3.63, 3.8) is 0 Å². The molecule has 3 rings (SSSR count). The number of nitrogens with zero attached hydrogens (tertiary/aromatic N) is 1. The molecule has 0 saturated carbocycles. The molecule has 1 saturated heterocycles. The van der Waals surface area contributed by atoms with Gasteiger partial charge in [-0.05, 0) is 49.1 Å². The van der Waals surface area contributed by atoms with Gasteiger partial charge in [0.25, 0.3) is 15.9 Å². The number of sulfonamides is 2. The molecule has 1 aromatic heterocycles. The molecule has 29 heavy (non-hydrogen) atoms. The van der Waals surface area contributed by atoms with Crippen molar-refractivity contribution < 1.29 is 26.0 Å². The van der Waals surface area contributed by atoms with E-state index in [4.69, 9.17) is 9.56 Å². The highest BCUT2D eigenvalue weighted by atomic mass is 32.2. The van der Waals surface area contributed by atoms with Crippen molar-refractivity contribution in [1.82, 2.24) is 9.62 Å². The molecule has 1 amide bonds. The highest BCUT2D eigenvalue weighted by molar-refractivity contribution is 7.89. The second-order valence-corrected chi connectivity index (χ2v) is 10.2. The number of rotatable bonds is 7. The Bertz CT molecular complexity index is 1070. The summed E-state index contributed by atoms with van der Waals surface area (Å²) in [5, 5.41) is 7.47. The van der Waals surface area contributed by atoms with E-state index in [1.807, 2.05) is 0 Å². The Morgan fingerprint density at radius 3 is 2.28 bits per heavy atom. The second-order valence-electron chi connectivity index (χ2n) is 6.78. The normalized spacial score (nSPS) is 15.9. The first-order valence-corrected chi connectivity index (χ1v) is 12.2. The summed E-state index contributed by atoms with van der Waals surface area (Å²) in [5.74, 6) is -0.601. The number of nitrogens with one attached hydrogen (secondary N) is 1. The number of hydrogen-bond donors (Lipinski definition) is 2. The smallest absolute Gasteiger partial charge is 0.287 e. The number of benzene rings is 1. The molecule has 1 fully saturated rings. The van der Waals surface area contributed by atoms with Crippen LogP contribution in [0.2, 0.25) is 0 Å². The SMILES string of the molecule is NS(=O)(=O)c1ccc(CCNC(=O)c2ccc(S(=O)(=O)N3CCCCC3)o2)cc1. The molecule has 1 aromatic carbocycles. The maximum atomic E-state index is 12.6. The standard InChI is InChI=1S/C18H23N3O6S2/c19-28(23,24)15-6-4-14(5-7-15)10-11-20-18(22)16-8-9-17(27-16)29(25,26)21-12-2-1-3-13-21/h4-9H,1-3,10-13H2,(H,20,22)(H2,19,23,24). The molecular formula is C18H23N3O6S2. The van der Waals surface area contributed by atoms with Crippen molar-refractivity contribution in [3.05, 3.63) is 47.7 Å². The van der Waals surface area contributed by atoms with Gasteiger partial charge in [-0.3, -0.25) is 4.79 Å². The predicted molar refractivity (Wildman–Crippen MR) is 105 cm³/mol. The molecule has 2 aromatic rings. The van der Waals surface area contributed by atoms with Gasteiger partial charge >= 0.3 is 0 Å². The lowest BCUT2D eigenvalue weighted by molar-refractivity contribution is 0.0921. The first-order chi connectivity index (χ1) is 13.7.